The number of carbonyl (C=O) groups excluding carboxylic acids is 1. The monoisotopic (exact) mass is 793 g/mol. The quantitative estimate of drug-likeness (QED) is 0.0165. The van der Waals surface area contributed by atoms with Crippen molar-refractivity contribution in [3.8, 4) is 0 Å². The second-order valence-corrected chi connectivity index (χ2v) is 17.0. The Balaban J connectivity index is 4.51. The van der Waals surface area contributed by atoms with Gasteiger partial charge < -0.3 is 18.9 Å². The normalized spacial score (nSPS) is 14.5. The maximum atomic E-state index is 12.6. The van der Waals surface area contributed by atoms with Crippen molar-refractivity contribution in [1.29, 1.82) is 0 Å². The first-order valence-electron chi connectivity index (χ1n) is 21.8. The van der Waals surface area contributed by atoms with Crippen molar-refractivity contribution in [2.75, 3.05) is 54.1 Å². The molecule has 0 radical (unpaired) electrons. The highest BCUT2D eigenvalue weighted by molar-refractivity contribution is 7.47. The molecule has 0 aliphatic heterocycles. The van der Waals surface area contributed by atoms with Crippen LogP contribution in [0.2, 0.25) is 0 Å². The van der Waals surface area contributed by atoms with E-state index in [0.717, 1.165) is 19.3 Å². The summed E-state index contributed by atoms with van der Waals surface area (Å²) in [5, 5.41) is 0. The molecule has 0 saturated heterocycles. The first-order valence-corrected chi connectivity index (χ1v) is 23.3. The van der Waals surface area contributed by atoms with Crippen LogP contribution in [0.5, 0.6) is 0 Å². The third-order valence-corrected chi connectivity index (χ3v) is 10.00. The average molecular weight is 793 g/mol. The summed E-state index contributed by atoms with van der Waals surface area (Å²) in [5.74, 6) is -0.592. The predicted molar refractivity (Wildman–Crippen MR) is 233 cm³/mol. The van der Waals surface area contributed by atoms with Gasteiger partial charge in [0.15, 0.2) is 0 Å². The number of carbonyl (C=O) groups is 1. The molecule has 55 heavy (non-hydrogen) atoms. The Bertz CT molecular complexity index is 1110. The number of phosphoric acid groups is 1. The Labute approximate surface area is 338 Å². The Morgan fingerprint density at radius 1 is 0.564 bits per heavy atom. The van der Waals surface area contributed by atoms with Crippen molar-refractivity contribution >= 4 is 13.8 Å². The van der Waals surface area contributed by atoms with E-state index in [1.54, 1.807) is 12.2 Å². The first-order chi connectivity index (χ1) is 26.6. The number of ether oxygens (including phenoxy) is 2. The van der Waals surface area contributed by atoms with E-state index in [2.05, 4.69) is 26.0 Å². The van der Waals surface area contributed by atoms with Crippen molar-refractivity contribution in [3.63, 3.8) is 0 Å². The minimum Gasteiger partial charge on any atom is -0.454 e. The maximum absolute atomic E-state index is 12.6. The minimum absolute atomic E-state index is 0.0596. The van der Waals surface area contributed by atoms with Gasteiger partial charge in [-0.05, 0) is 19.3 Å². The fourth-order valence-corrected chi connectivity index (χ4v) is 6.36. The number of phosphoric ester groups is 1. The molecular formula is C46H83NO7P+. The summed E-state index contributed by atoms with van der Waals surface area (Å²) >= 11 is 0. The number of hydrogen-bond donors (Lipinski definition) is 1. The summed E-state index contributed by atoms with van der Waals surface area (Å²) in [7, 11) is 1.57. The molecular weight excluding hydrogens is 709 g/mol. The van der Waals surface area contributed by atoms with Crippen molar-refractivity contribution < 1.29 is 37.3 Å². The van der Waals surface area contributed by atoms with Gasteiger partial charge >= 0.3 is 13.8 Å². The molecule has 0 amide bonds. The number of nitrogens with zero attached hydrogens (tertiary/aromatic N) is 1. The second-order valence-electron chi connectivity index (χ2n) is 15.6. The Morgan fingerprint density at radius 2 is 1.00 bits per heavy atom. The average Bonchev–Trinajstić information content (AvgIpc) is 3.13. The SMILES string of the molecule is CCCCCCCCCC=CC=CC=CC=CC=CC=CC(=O)O[C@@H](COCCCCCCCCCCCCCCCC)COP(=O)(O)OCC[N+](C)(C)C. The second kappa shape index (κ2) is 38.8. The highest BCUT2D eigenvalue weighted by Gasteiger charge is 2.26. The zero-order valence-electron chi connectivity index (χ0n) is 35.9. The van der Waals surface area contributed by atoms with Gasteiger partial charge in [0.05, 0.1) is 34.4 Å². The maximum Gasteiger partial charge on any atom is 0.472 e. The Kier molecular flexibility index (Phi) is 37.3. The molecule has 0 spiro atoms. The van der Waals surface area contributed by atoms with E-state index in [0.29, 0.717) is 17.6 Å². The van der Waals surface area contributed by atoms with Crippen molar-refractivity contribution in [3.05, 3.63) is 72.9 Å². The van der Waals surface area contributed by atoms with Crippen molar-refractivity contribution in [1.82, 2.24) is 0 Å². The molecule has 0 saturated carbocycles. The standard InChI is InChI=1S/C46H82NO7P/c1-6-8-10-12-14-16-18-20-22-23-24-25-26-27-29-31-33-35-37-39-46(48)54-45(44-53-55(49,50)52-42-40-47(3,4)5)43-51-41-38-36-34-32-30-28-21-19-17-15-13-11-9-7-2/h22-27,29,31,33,35,37,39,45H,6-21,28,30,32,34,36,38,40-44H2,1-5H3/p+1/t45-/m0/s1. The van der Waals surface area contributed by atoms with Gasteiger partial charge in [-0.3, -0.25) is 9.05 Å². The van der Waals surface area contributed by atoms with E-state index < -0.39 is 19.9 Å². The lowest BCUT2D eigenvalue weighted by Gasteiger charge is -2.24. The van der Waals surface area contributed by atoms with Crippen LogP contribution >= 0.6 is 7.82 Å². The van der Waals surface area contributed by atoms with E-state index in [1.165, 1.54) is 128 Å². The molecule has 0 bridgehead atoms. The largest absolute Gasteiger partial charge is 0.472 e. The number of esters is 1. The fourth-order valence-electron chi connectivity index (χ4n) is 5.62. The molecule has 0 fully saturated rings. The van der Waals surface area contributed by atoms with Crippen LogP contribution < -0.4 is 0 Å². The van der Waals surface area contributed by atoms with Gasteiger partial charge in [0, 0.05) is 12.7 Å². The van der Waals surface area contributed by atoms with Gasteiger partial charge in [0.25, 0.3) is 0 Å². The number of rotatable bonds is 39. The third kappa shape index (κ3) is 42.9. The molecule has 1 N–H and O–H groups in total. The summed E-state index contributed by atoms with van der Waals surface area (Å²) in [5.41, 5.74) is 0. The summed E-state index contributed by atoms with van der Waals surface area (Å²) in [6.45, 7) is 5.38. The summed E-state index contributed by atoms with van der Waals surface area (Å²) in [6.07, 6.45) is 50.1. The minimum atomic E-state index is -4.32. The lowest BCUT2D eigenvalue weighted by molar-refractivity contribution is -0.870. The van der Waals surface area contributed by atoms with E-state index in [4.69, 9.17) is 18.5 Å². The topological polar surface area (TPSA) is 91.3 Å². The van der Waals surface area contributed by atoms with E-state index in [1.807, 2.05) is 63.7 Å². The van der Waals surface area contributed by atoms with Crippen LogP contribution in [0, 0.1) is 0 Å². The number of unbranched alkanes of at least 4 members (excludes halogenated alkanes) is 20. The first kappa shape index (κ1) is 52.9. The predicted octanol–water partition coefficient (Wildman–Crippen LogP) is 12.7. The molecule has 0 aliphatic carbocycles. The summed E-state index contributed by atoms with van der Waals surface area (Å²) < 4.78 is 34.7. The summed E-state index contributed by atoms with van der Waals surface area (Å²) in [4.78, 5) is 22.7. The van der Waals surface area contributed by atoms with Crippen LogP contribution in [0.4, 0.5) is 0 Å². The lowest BCUT2D eigenvalue weighted by Crippen LogP contribution is -2.37. The molecule has 0 aromatic carbocycles. The number of allylic oxidation sites excluding steroid dienone is 11. The smallest absolute Gasteiger partial charge is 0.454 e. The van der Waals surface area contributed by atoms with Gasteiger partial charge in [-0.1, -0.05) is 203 Å². The van der Waals surface area contributed by atoms with Crippen molar-refractivity contribution in [2.45, 2.75) is 161 Å². The Hall–Kier alpha value is -2.06. The van der Waals surface area contributed by atoms with Crippen LogP contribution in [0.3, 0.4) is 0 Å². The van der Waals surface area contributed by atoms with Crippen LogP contribution in [0.1, 0.15) is 155 Å². The van der Waals surface area contributed by atoms with Crippen LogP contribution in [0.15, 0.2) is 72.9 Å². The van der Waals surface area contributed by atoms with Gasteiger partial charge in [0.1, 0.15) is 19.3 Å². The van der Waals surface area contributed by atoms with Gasteiger partial charge in [-0.2, -0.15) is 0 Å². The molecule has 2 atom stereocenters. The molecule has 0 heterocycles. The molecule has 1 unspecified atom stereocenters. The van der Waals surface area contributed by atoms with Crippen LogP contribution in [0.25, 0.3) is 0 Å². The van der Waals surface area contributed by atoms with Crippen LogP contribution in [-0.4, -0.2) is 75.6 Å². The Morgan fingerprint density at radius 3 is 1.49 bits per heavy atom. The zero-order chi connectivity index (χ0) is 40.6. The molecule has 318 valence electrons. The van der Waals surface area contributed by atoms with Crippen molar-refractivity contribution in [2.24, 2.45) is 0 Å². The van der Waals surface area contributed by atoms with E-state index >= 15 is 0 Å². The van der Waals surface area contributed by atoms with Crippen LogP contribution in [-0.2, 0) is 27.9 Å². The fraction of sp³-hybridized carbons (Fsp3) is 0.717. The highest BCUT2D eigenvalue weighted by Crippen LogP contribution is 2.43. The highest BCUT2D eigenvalue weighted by atomic mass is 31.2. The summed E-state index contributed by atoms with van der Waals surface area (Å²) in [6, 6.07) is 0. The zero-order valence-corrected chi connectivity index (χ0v) is 36.8. The van der Waals surface area contributed by atoms with Gasteiger partial charge in [0.2, 0.25) is 0 Å². The third-order valence-electron chi connectivity index (χ3n) is 9.01. The molecule has 9 heteroatoms. The van der Waals surface area contributed by atoms with Gasteiger partial charge in [-0.25, -0.2) is 9.36 Å². The number of likely N-dealkylation sites (N-methyl/N-ethyl adjacent to an activating group) is 1. The number of hydrogen-bond acceptors (Lipinski definition) is 6. The molecule has 0 aromatic rings. The molecule has 0 aromatic heterocycles. The van der Waals surface area contributed by atoms with Gasteiger partial charge in [-0.15, -0.1) is 0 Å². The van der Waals surface area contributed by atoms with E-state index in [9.17, 15) is 14.3 Å². The molecule has 8 nitrogen and oxygen atoms in total. The molecule has 0 aliphatic rings. The molecule has 0 rings (SSSR count). The number of quaternary nitrogens is 1. The lowest BCUT2D eigenvalue weighted by atomic mass is 10.0. The van der Waals surface area contributed by atoms with E-state index in [-0.39, 0.29) is 19.8 Å².